The fourth-order valence-corrected chi connectivity index (χ4v) is 1.40. The molecule has 0 unspecified atom stereocenters. The highest BCUT2D eigenvalue weighted by atomic mass is 16.6. The van der Waals surface area contributed by atoms with Crippen LogP contribution in [0.4, 0.5) is 0 Å². The van der Waals surface area contributed by atoms with Gasteiger partial charge in [-0.15, -0.1) is 0 Å². The maximum atomic E-state index is 9.36. The number of rotatable bonds is 2. The first-order chi connectivity index (χ1) is 4.84. The van der Waals surface area contributed by atoms with Crippen molar-refractivity contribution in [2.24, 2.45) is 0 Å². The van der Waals surface area contributed by atoms with Crippen LogP contribution in [0.5, 0.6) is 0 Å². The molecule has 0 radical (unpaired) electrons. The highest BCUT2D eigenvalue weighted by Gasteiger charge is 2.22. The molecule has 2 atom stereocenters. The van der Waals surface area contributed by atoms with Crippen molar-refractivity contribution in [3.63, 3.8) is 0 Å². The highest BCUT2D eigenvalue weighted by molar-refractivity contribution is 4.77. The second-order valence-corrected chi connectivity index (χ2v) is 2.78. The molecule has 1 saturated carbocycles. The molecule has 60 valence electrons. The lowest BCUT2D eigenvalue weighted by Crippen LogP contribution is -2.41. The Hall–Kier alpha value is -0.120. The Bertz CT molecular complexity index is 95.6. The van der Waals surface area contributed by atoms with E-state index >= 15 is 0 Å². The summed E-state index contributed by atoms with van der Waals surface area (Å²) < 4.78 is 0. The van der Waals surface area contributed by atoms with Gasteiger partial charge < -0.3 is 9.94 Å². The molecule has 1 fully saturated rings. The van der Waals surface area contributed by atoms with E-state index in [1.807, 2.05) is 0 Å². The first-order valence-corrected chi connectivity index (χ1v) is 3.81. The predicted octanol–water partition coefficient (Wildman–Crippen LogP) is 0.441. The Morgan fingerprint density at radius 1 is 1.40 bits per heavy atom. The Balaban J connectivity index is 2.25. The van der Waals surface area contributed by atoms with Gasteiger partial charge in [-0.2, -0.15) is 5.48 Å². The largest absolute Gasteiger partial charge is 0.391 e. The van der Waals surface area contributed by atoms with Crippen LogP contribution in [0.3, 0.4) is 0 Å². The first kappa shape index (κ1) is 7.98. The molecule has 0 saturated heterocycles. The summed E-state index contributed by atoms with van der Waals surface area (Å²) in [5.74, 6) is 0. The zero-order chi connectivity index (χ0) is 7.40. The van der Waals surface area contributed by atoms with Gasteiger partial charge in [-0.1, -0.05) is 12.8 Å². The Morgan fingerprint density at radius 2 is 2.10 bits per heavy atom. The molecule has 0 bridgehead atoms. The van der Waals surface area contributed by atoms with E-state index < -0.39 is 0 Å². The number of hydrogen-bond donors (Lipinski definition) is 2. The molecule has 0 aliphatic heterocycles. The SMILES string of the molecule is CON[C@H]1CCCC[C@@H]1O. The Morgan fingerprint density at radius 3 is 2.70 bits per heavy atom. The van der Waals surface area contributed by atoms with E-state index in [-0.39, 0.29) is 12.1 Å². The van der Waals surface area contributed by atoms with Crippen molar-refractivity contribution in [2.45, 2.75) is 37.8 Å². The average Bonchev–Trinajstić information content (AvgIpc) is 1.94. The minimum Gasteiger partial charge on any atom is -0.391 e. The second-order valence-electron chi connectivity index (χ2n) is 2.78. The fraction of sp³-hybridized carbons (Fsp3) is 1.00. The Labute approximate surface area is 61.3 Å². The third-order valence-corrected chi connectivity index (χ3v) is 2.00. The van der Waals surface area contributed by atoms with Crippen LogP contribution in [-0.2, 0) is 4.84 Å². The van der Waals surface area contributed by atoms with Crippen LogP contribution in [0.2, 0.25) is 0 Å². The van der Waals surface area contributed by atoms with Gasteiger partial charge in [0.05, 0.1) is 19.3 Å². The zero-order valence-electron chi connectivity index (χ0n) is 6.34. The van der Waals surface area contributed by atoms with Gasteiger partial charge in [0, 0.05) is 0 Å². The lowest BCUT2D eigenvalue weighted by atomic mass is 9.93. The molecule has 1 aliphatic rings. The molecule has 0 amide bonds. The van der Waals surface area contributed by atoms with Crippen molar-refractivity contribution < 1.29 is 9.94 Å². The molecule has 0 aromatic heterocycles. The molecule has 10 heavy (non-hydrogen) atoms. The standard InChI is InChI=1S/C7H15NO2/c1-10-8-6-4-2-3-5-7(6)9/h6-9H,2-5H2,1H3/t6-,7-/m0/s1. The molecule has 3 nitrogen and oxygen atoms in total. The van der Waals surface area contributed by atoms with Crippen LogP contribution >= 0.6 is 0 Å². The monoisotopic (exact) mass is 145 g/mol. The second kappa shape index (κ2) is 3.91. The lowest BCUT2D eigenvalue weighted by molar-refractivity contribution is -0.0111. The number of hydrogen-bond acceptors (Lipinski definition) is 3. The molecule has 0 spiro atoms. The predicted molar refractivity (Wildman–Crippen MR) is 38.4 cm³/mol. The number of hydroxylamine groups is 1. The molecular formula is C7H15NO2. The van der Waals surface area contributed by atoms with Crippen LogP contribution in [0, 0.1) is 0 Å². The molecule has 0 aromatic carbocycles. The van der Waals surface area contributed by atoms with E-state index in [9.17, 15) is 5.11 Å². The van der Waals surface area contributed by atoms with Crippen LogP contribution in [0.25, 0.3) is 0 Å². The summed E-state index contributed by atoms with van der Waals surface area (Å²) in [4.78, 5) is 4.74. The van der Waals surface area contributed by atoms with Crippen molar-refractivity contribution in [3.05, 3.63) is 0 Å². The molecule has 0 aromatic rings. The van der Waals surface area contributed by atoms with Crippen LogP contribution in [0.1, 0.15) is 25.7 Å². The van der Waals surface area contributed by atoms with Gasteiger partial charge in [0.2, 0.25) is 0 Å². The van der Waals surface area contributed by atoms with Gasteiger partial charge in [-0.25, -0.2) is 0 Å². The molecule has 3 heteroatoms. The van der Waals surface area contributed by atoms with E-state index in [2.05, 4.69) is 5.48 Å². The third-order valence-electron chi connectivity index (χ3n) is 2.00. The number of nitrogens with one attached hydrogen (secondary N) is 1. The smallest absolute Gasteiger partial charge is 0.0716 e. The van der Waals surface area contributed by atoms with Gasteiger partial charge in [-0.05, 0) is 12.8 Å². The fourth-order valence-electron chi connectivity index (χ4n) is 1.40. The van der Waals surface area contributed by atoms with Gasteiger partial charge in [-0.3, -0.25) is 0 Å². The number of aliphatic hydroxyl groups is 1. The average molecular weight is 145 g/mol. The molecule has 0 heterocycles. The van der Waals surface area contributed by atoms with Crippen molar-refractivity contribution in [2.75, 3.05) is 7.11 Å². The maximum absolute atomic E-state index is 9.36. The molecule has 1 aliphatic carbocycles. The summed E-state index contributed by atoms with van der Waals surface area (Å²) in [5, 5.41) is 9.36. The van der Waals surface area contributed by atoms with Gasteiger partial charge in [0.15, 0.2) is 0 Å². The molecule has 2 N–H and O–H groups in total. The van der Waals surface area contributed by atoms with Crippen LogP contribution in [0.15, 0.2) is 0 Å². The minimum absolute atomic E-state index is 0.152. The van der Waals surface area contributed by atoms with Gasteiger partial charge >= 0.3 is 0 Å². The van der Waals surface area contributed by atoms with E-state index in [1.54, 1.807) is 7.11 Å². The van der Waals surface area contributed by atoms with E-state index in [0.717, 1.165) is 19.3 Å². The summed E-state index contributed by atoms with van der Waals surface area (Å²) in [5.41, 5.74) is 2.78. The highest BCUT2D eigenvalue weighted by Crippen LogP contribution is 2.17. The Kier molecular flexibility index (Phi) is 3.12. The molecular weight excluding hydrogens is 130 g/mol. The van der Waals surface area contributed by atoms with E-state index in [0.29, 0.717) is 0 Å². The van der Waals surface area contributed by atoms with Crippen molar-refractivity contribution >= 4 is 0 Å². The minimum atomic E-state index is -0.214. The molecule has 1 rings (SSSR count). The zero-order valence-corrected chi connectivity index (χ0v) is 6.34. The summed E-state index contributed by atoms with van der Waals surface area (Å²) in [6.45, 7) is 0. The van der Waals surface area contributed by atoms with E-state index in [4.69, 9.17) is 4.84 Å². The summed E-state index contributed by atoms with van der Waals surface area (Å²) in [6, 6.07) is 0.152. The summed E-state index contributed by atoms with van der Waals surface area (Å²) in [6.07, 6.45) is 4.05. The van der Waals surface area contributed by atoms with Gasteiger partial charge in [0.25, 0.3) is 0 Å². The quantitative estimate of drug-likeness (QED) is 0.554. The first-order valence-electron chi connectivity index (χ1n) is 3.81. The summed E-state index contributed by atoms with van der Waals surface area (Å²) >= 11 is 0. The van der Waals surface area contributed by atoms with Crippen molar-refractivity contribution in [1.82, 2.24) is 5.48 Å². The summed E-state index contributed by atoms with van der Waals surface area (Å²) in [7, 11) is 1.58. The van der Waals surface area contributed by atoms with Gasteiger partial charge in [0.1, 0.15) is 0 Å². The lowest BCUT2D eigenvalue weighted by Gasteiger charge is -2.27. The van der Waals surface area contributed by atoms with Crippen LogP contribution in [-0.4, -0.2) is 24.4 Å². The third kappa shape index (κ3) is 1.94. The normalized spacial score (nSPS) is 34.2. The van der Waals surface area contributed by atoms with E-state index in [1.165, 1.54) is 6.42 Å². The van der Waals surface area contributed by atoms with Crippen molar-refractivity contribution in [3.8, 4) is 0 Å². The maximum Gasteiger partial charge on any atom is 0.0716 e. The van der Waals surface area contributed by atoms with Crippen molar-refractivity contribution in [1.29, 1.82) is 0 Å². The number of aliphatic hydroxyl groups excluding tert-OH is 1. The van der Waals surface area contributed by atoms with Crippen LogP contribution < -0.4 is 5.48 Å². The topological polar surface area (TPSA) is 41.5 Å².